The summed E-state index contributed by atoms with van der Waals surface area (Å²) in [7, 11) is 2.93. The van der Waals surface area contributed by atoms with E-state index in [0.29, 0.717) is 24.3 Å². The number of carbonyl (C=O) groups excluding carboxylic acids is 4. The molecule has 4 unspecified atom stereocenters. The second kappa shape index (κ2) is 13.8. The standard InChI is InChI=1S/C33H31ClFN3O8/c1-43-22-11-9-21(10-12-22)38-30(41)33(16-4-3-6-24(33)28(39)45-29(40)26-14-17-36-19-37-26)46-31(42)32(15-5-7-27(32)44-2)23-13-8-20(35)18-25(23)34/h3,6,8-14,17-19,24,27H,4-5,7,15-16H2,1-2H3,(H,38,41). The van der Waals surface area contributed by atoms with E-state index in [2.05, 4.69) is 15.3 Å². The van der Waals surface area contributed by atoms with E-state index in [1.807, 2.05) is 0 Å². The Kier molecular flexibility index (Phi) is 9.78. The van der Waals surface area contributed by atoms with Crippen LogP contribution >= 0.6 is 11.6 Å². The van der Waals surface area contributed by atoms with Crippen molar-refractivity contribution >= 4 is 41.1 Å². The van der Waals surface area contributed by atoms with E-state index in [-0.39, 0.29) is 35.5 Å². The molecule has 2 aliphatic carbocycles. The lowest BCUT2D eigenvalue weighted by Gasteiger charge is -2.42. The number of aromatic nitrogens is 2. The lowest BCUT2D eigenvalue weighted by Crippen LogP contribution is -2.59. The van der Waals surface area contributed by atoms with Gasteiger partial charge in [0.2, 0.25) is 5.60 Å². The maximum absolute atomic E-state index is 14.6. The van der Waals surface area contributed by atoms with Gasteiger partial charge in [0.25, 0.3) is 5.91 Å². The second-order valence-corrected chi connectivity index (χ2v) is 11.3. The number of methoxy groups -OCH3 is 2. The van der Waals surface area contributed by atoms with E-state index in [9.17, 15) is 23.6 Å². The molecule has 5 rings (SSSR count). The van der Waals surface area contributed by atoms with Crippen LogP contribution in [0.15, 0.2) is 73.2 Å². The van der Waals surface area contributed by atoms with Crippen molar-refractivity contribution in [2.24, 2.45) is 5.92 Å². The third kappa shape index (κ3) is 6.22. The summed E-state index contributed by atoms with van der Waals surface area (Å²) >= 11 is 6.51. The van der Waals surface area contributed by atoms with Gasteiger partial charge in [0.15, 0.2) is 5.69 Å². The summed E-state index contributed by atoms with van der Waals surface area (Å²) < 4.78 is 36.4. The third-order valence-corrected chi connectivity index (χ3v) is 8.72. The molecule has 1 amide bonds. The molecule has 46 heavy (non-hydrogen) atoms. The fourth-order valence-electron chi connectivity index (χ4n) is 6.11. The third-order valence-electron chi connectivity index (χ3n) is 8.41. The average molecular weight is 652 g/mol. The predicted octanol–water partition coefficient (Wildman–Crippen LogP) is 4.98. The highest BCUT2D eigenvalue weighted by Gasteiger charge is 2.59. The highest BCUT2D eigenvalue weighted by atomic mass is 35.5. The SMILES string of the molecule is COc1ccc(NC(=O)C2(OC(=O)C3(c4ccc(F)cc4Cl)CCCC3OC)CCC=CC2C(=O)OC(=O)c2ccncn2)cc1. The molecular weight excluding hydrogens is 621 g/mol. The van der Waals surface area contributed by atoms with Gasteiger partial charge in [0.05, 0.1) is 13.2 Å². The van der Waals surface area contributed by atoms with Crippen molar-refractivity contribution in [3.63, 3.8) is 0 Å². The van der Waals surface area contributed by atoms with Gasteiger partial charge in [-0.25, -0.2) is 19.2 Å². The lowest BCUT2D eigenvalue weighted by atomic mass is 9.75. The minimum atomic E-state index is -2.19. The fraction of sp³-hybridized carbons (Fsp3) is 0.333. The Morgan fingerprint density at radius 1 is 1.04 bits per heavy atom. The first kappa shape index (κ1) is 32.7. The van der Waals surface area contributed by atoms with Gasteiger partial charge in [-0.05, 0) is 73.7 Å². The molecule has 0 aliphatic heterocycles. The van der Waals surface area contributed by atoms with Crippen LogP contribution in [0.4, 0.5) is 10.1 Å². The van der Waals surface area contributed by atoms with Gasteiger partial charge >= 0.3 is 17.9 Å². The van der Waals surface area contributed by atoms with Crippen molar-refractivity contribution in [3.05, 3.63) is 95.3 Å². The van der Waals surface area contributed by atoms with E-state index in [4.69, 9.17) is 30.5 Å². The summed E-state index contributed by atoms with van der Waals surface area (Å²) in [5.41, 5.74) is -3.33. The summed E-state index contributed by atoms with van der Waals surface area (Å²) in [6, 6.07) is 11.3. The molecule has 1 fully saturated rings. The van der Waals surface area contributed by atoms with Crippen molar-refractivity contribution in [2.45, 2.75) is 49.2 Å². The highest BCUT2D eigenvalue weighted by molar-refractivity contribution is 6.31. The molecule has 1 N–H and O–H groups in total. The van der Waals surface area contributed by atoms with Gasteiger partial charge in [-0.15, -0.1) is 0 Å². The Balaban J connectivity index is 1.57. The molecule has 3 aromatic rings. The minimum absolute atomic E-state index is 0.0208. The molecule has 240 valence electrons. The average Bonchev–Trinajstić information content (AvgIpc) is 3.50. The molecule has 13 heteroatoms. The van der Waals surface area contributed by atoms with Crippen molar-refractivity contribution in [1.29, 1.82) is 0 Å². The number of halogens is 2. The number of amides is 1. The fourth-order valence-corrected chi connectivity index (χ4v) is 6.44. The zero-order chi connectivity index (χ0) is 32.9. The van der Waals surface area contributed by atoms with Crippen LogP contribution in [0.2, 0.25) is 5.02 Å². The molecular formula is C33H31ClFN3O8. The monoisotopic (exact) mass is 651 g/mol. The van der Waals surface area contributed by atoms with Gasteiger partial charge in [-0.1, -0.05) is 29.8 Å². The topological polar surface area (TPSA) is 143 Å². The van der Waals surface area contributed by atoms with Crippen LogP contribution in [0.3, 0.4) is 0 Å². The highest BCUT2D eigenvalue weighted by Crippen LogP contribution is 2.48. The molecule has 0 saturated heterocycles. The summed E-state index contributed by atoms with van der Waals surface area (Å²) in [5.74, 6) is -5.56. The zero-order valence-corrected chi connectivity index (χ0v) is 25.8. The summed E-state index contributed by atoms with van der Waals surface area (Å²) in [5, 5.41) is 2.72. The molecule has 1 saturated carbocycles. The van der Waals surface area contributed by atoms with Gasteiger partial charge in [-0.3, -0.25) is 14.4 Å². The van der Waals surface area contributed by atoms with Gasteiger partial charge < -0.3 is 24.3 Å². The van der Waals surface area contributed by atoms with Crippen LogP contribution < -0.4 is 10.1 Å². The minimum Gasteiger partial charge on any atom is -0.497 e. The molecule has 1 heterocycles. The first-order chi connectivity index (χ1) is 22.1. The number of benzene rings is 2. The van der Waals surface area contributed by atoms with Crippen molar-refractivity contribution in [2.75, 3.05) is 19.5 Å². The van der Waals surface area contributed by atoms with E-state index >= 15 is 0 Å². The molecule has 0 bridgehead atoms. The molecule has 1 aromatic heterocycles. The van der Waals surface area contributed by atoms with E-state index in [1.54, 1.807) is 30.3 Å². The number of carbonyl (C=O) groups is 4. The number of esters is 3. The number of nitrogens with one attached hydrogen (secondary N) is 1. The Morgan fingerprint density at radius 2 is 1.83 bits per heavy atom. The van der Waals surface area contributed by atoms with Crippen LogP contribution in [-0.4, -0.2) is 59.7 Å². The van der Waals surface area contributed by atoms with E-state index < -0.39 is 52.7 Å². The van der Waals surface area contributed by atoms with Crippen LogP contribution in [-0.2, 0) is 34.0 Å². The normalized spacial score (nSPS) is 23.7. The van der Waals surface area contributed by atoms with Gasteiger partial charge in [-0.2, -0.15) is 0 Å². The Labute approximate surface area is 269 Å². The largest absolute Gasteiger partial charge is 0.497 e. The number of hydrogen-bond donors (Lipinski definition) is 1. The smallest absolute Gasteiger partial charge is 0.364 e. The Morgan fingerprint density at radius 3 is 2.50 bits per heavy atom. The van der Waals surface area contributed by atoms with E-state index in [1.165, 1.54) is 44.7 Å². The molecule has 0 radical (unpaired) electrons. The second-order valence-electron chi connectivity index (χ2n) is 10.9. The number of ether oxygens (including phenoxy) is 4. The quantitative estimate of drug-likeness (QED) is 0.191. The first-order valence-electron chi connectivity index (χ1n) is 14.5. The van der Waals surface area contributed by atoms with Gasteiger partial charge in [0.1, 0.15) is 29.2 Å². The maximum Gasteiger partial charge on any atom is 0.364 e. The number of anilines is 1. The van der Waals surface area contributed by atoms with Gasteiger partial charge in [0, 0.05) is 30.4 Å². The summed E-state index contributed by atoms with van der Waals surface area (Å²) in [6.45, 7) is 0. The molecule has 2 aromatic carbocycles. The first-order valence-corrected chi connectivity index (χ1v) is 14.9. The Bertz CT molecular complexity index is 1650. The van der Waals surface area contributed by atoms with E-state index in [0.717, 1.165) is 12.4 Å². The van der Waals surface area contributed by atoms with Crippen molar-refractivity contribution < 1.29 is 42.5 Å². The summed E-state index contributed by atoms with van der Waals surface area (Å²) in [6.07, 6.45) is 5.98. The Hall–Kier alpha value is -4.68. The molecule has 0 spiro atoms. The summed E-state index contributed by atoms with van der Waals surface area (Å²) in [4.78, 5) is 62.9. The zero-order valence-electron chi connectivity index (χ0n) is 25.0. The maximum atomic E-state index is 14.6. The van der Waals surface area contributed by atoms with Crippen LogP contribution in [0, 0.1) is 11.7 Å². The van der Waals surface area contributed by atoms with Crippen LogP contribution in [0.25, 0.3) is 0 Å². The number of allylic oxidation sites excluding steroid dienone is 1. The number of hydrogen-bond acceptors (Lipinski definition) is 10. The predicted molar refractivity (Wildman–Crippen MR) is 163 cm³/mol. The number of nitrogens with zero attached hydrogens (tertiary/aromatic N) is 2. The lowest BCUT2D eigenvalue weighted by molar-refractivity contribution is -0.185. The van der Waals surface area contributed by atoms with Crippen molar-refractivity contribution in [1.82, 2.24) is 9.97 Å². The molecule has 2 aliphatic rings. The van der Waals surface area contributed by atoms with Crippen molar-refractivity contribution in [3.8, 4) is 5.75 Å². The molecule has 4 atom stereocenters. The molecule has 11 nitrogen and oxygen atoms in total. The van der Waals surface area contributed by atoms with Crippen LogP contribution in [0.5, 0.6) is 5.75 Å². The van der Waals surface area contributed by atoms with Crippen LogP contribution in [0.1, 0.15) is 48.2 Å². The number of rotatable bonds is 9.